The van der Waals surface area contributed by atoms with Crippen molar-refractivity contribution in [1.82, 2.24) is 9.97 Å². The predicted molar refractivity (Wildman–Crippen MR) is 78.9 cm³/mol. The van der Waals surface area contributed by atoms with Crippen LogP contribution in [-0.2, 0) is 6.18 Å². The third-order valence-electron chi connectivity index (χ3n) is 3.20. The summed E-state index contributed by atoms with van der Waals surface area (Å²) in [6, 6.07) is 9.06. The molecule has 0 saturated heterocycles. The van der Waals surface area contributed by atoms with Crippen molar-refractivity contribution in [3.05, 3.63) is 66.0 Å². The van der Waals surface area contributed by atoms with Gasteiger partial charge in [0.25, 0.3) is 5.91 Å². The highest BCUT2D eigenvalue weighted by Gasteiger charge is 2.29. The van der Waals surface area contributed by atoms with Gasteiger partial charge < -0.3 is 5.32 Å². The molecule has 7 heteroatoms. The summed E-state index contributed by atoms with van der Waals surface area (Å²) in [6.07, 6.45) is -1.34. The fourth-order valence-corrected chi connectivity index (χ4v) is 2.05. The lowest BCUT2D eigenvalue weighted by Gasteiger charge is -2.09. The van der Waals surface area contributed by atoms with Gasteiger partial charge in [-0.15, -0.1) is 0 Å². The van der Waals surface area contributed by atoms with Gasteiger partial charge in [-0.1, -0.05) is 0 Å². The average molecular weight is 317 g/mol. The van der Waals surface area contributed by atoms with Crippen LogP contribution in [0, 0.1) is 0 Å². The first-order valence-electron chi connectivity index (χ1n) is 6.63. The number of hydrogen-bond acceptors (Lipinski definition) is 3. The summed E-state index contributed by atoms with van der Waals surface area (Å²) in [6.45, 7) is 0. The molecule has 3 aromatic rings. The number of anilines is 1. The van der Waals surface area contributed by atoms with Gasteiger partial charge in [-0.3, -0.25) is 14.8 Å². The summed E-state index contributed by atoms with van der Waals surface area (Å²) < 4.78 is 37.5. The lowest BCUT2D eigenvalue weighted by molar-refractivity contribution is -0.137. The highest BCUT2D eigenvalue weighted by molar-refractivity contribution is 6.05. The van der Waals surface area contributed by atoms with E-state index in [1.165, 1.54) is 18.3 Å². The average Bonchev–Trinajstić information content (AvgIpc) is 2.54. The fourth-order valence-electron chi connectivity index (χ4n) is 2.05. The van der Waals surface area contributed by atoms with Crippen LogP contribution in [0.5, 0.6) is 0 Å². The van der Waals surface area contributed by atoms with Gasteiger partial charge in [-0.2, -0.15) is 13.2 Å². The molecule has 1 heterocycles. The molecule has 3 rings (SSSR count). The number of amides is 1. The first kappa shape index (κ1) is 15.0. The number of carbonyl (C=O) groups is 1. The summed E-state index contributed by atoms with van der Waals surface area (Å²) in [4.78, 5) is 20.4. The Morgan fingerprint density at radius 2 is 1.57 bits per heavy atom. The predicted octanol–water partition coefficient (Wildman–Crippen LogP) is 3.90. The van der Waals surface area contributed by atoms with Crippen LogP contribution in [0.2, 0.25) is 0 Å². The zero-order valence-electron chi connectivity index (χ0n) is 11.6. The maximum Gasteiger partial charge on any atom is 0.416 e. The summed E-state index contributed by atoms with van der Waals surface area (Å²) in [5.74, 6) is -0.433. The van der Waals surface area contributed by atoms with Gasteiger partial charge in [0.2, 0.25) is 0 Å². The Hall–Kier alpha value is -2.96. The molecule has 0 aliphatic carbocycles. The van der Waals surface area contributed by atoms with Gasteiger partial charge >= 0.3 is 6.18 Å². The van der Waals surface area contributed by atoms with E-state index in [1.54, 1.807) is 24.4 Å². The van der Waals surface area contributed by atoms with E-state index in [9.17, 15) is 18.0 Å². The minimum atomic E-state index is -4.40. The molecule has 0 atom stereocenters. The third-order valence-corrected chi connectivity index (χ3v) is 3.20. The first-order chi connectivity index (χ1) is 10.9. The monoisotopic (exact) mass is 317 g/mol. The Morgan fingerprint density at radius 1 is 0.913 bits per heavy atom. The minimum absolute atomic E-state index is 0.280. The van der Waals surface area contributed by atoms with Crippen LogP contribution in [0.1, 0.15) is 15.9 Å². The summed E-state index contributed by atoms with van der Waals surface area (Å²) in [5, 5.41) is 2.55. The van der Waals surface area contributed by atoms with E-state index in [1.807, 2.05) is 0 Å². The van der Waals surface area contributed by atoms with Crippen molar-refractivity contribution >= 4 is 22.6 Å². The zero-order valence-corrected chi connectivity index (χ0v) is 11.6. The molecule has 1 aromatic heterocycles. The Kier molecular flexibility index (Phi) is 3.69. The van der Waals surface area contributed by atoms with Crippen LogP contribution in [0.4, 0.5) is 18.9 Å². The smallest absolute Gasteiger partial charge is 0.322 e. The first-order valence-corrected chi connectivity index (χ1v) is 6.63. The van der Waals surface area contributed by atoms with E-state index in [4.69, 9.17) is 0 Å². The van der Waals surface area contributed by atoms with Gasteiger partial charge in [0.05, 0.1) is 16.6 Å². The Morgan fingerprint density at radius 3 is 2.22 bits per heavy atom. The molecule has 0 radical (unpaired) electrons. The van der Waals surface area contributed by atoms with Crippen molar-refractivity contribution in [1.29, 1.82) is 0 Å². The van der Waals surface area contributed by atoms with Crippen LogP contribution in [0.15, 0.2) is 54.9 Å². The van der Waals surface area contributed by atoms with Gasteiger partial charge in [-0.25, -0.2) is 0 Å². The van der Waals surface area contributed by atoms with Crippen molar-refractivity contribution in [2.45, 2.75) is 6.18 Å². The molecule has 0 aliphatic heterocycles. The van der Waals surface area contributed by atoms with Crippen LogP contribution >= 0.6 is 0 Å². The maximum absolute atomic E-state index is 12.5. The van der Waals surface area contributed by atoms with E-state index in [0.29, 0.717) is 16.6 Å². The number of carbonyl (C=O) groups excluding carboxylic acids is 1. The number of benzene rings is 2. The van der Waals surface area contributed by atoms with Crippen LogP contribution < -0.4 is 5.32 Å². The highest BCUT2D eigenvalue weighted by Crippen LogP contribution is 2.29. The Bertz CT molecular complexity index is 860. The number of rotatable bonds is 2. The van der Waals surface area contributed by atoms with Crippen LogP contribution in [-0.4, -0.2) is 15.9 Å². The molecule has 0 unspecified atom stereocenters. The number of hydrogen-bond donors (Lipinski definition) is 1. The Balaban J connectivity index is 1.80. The third kappa shape index (κ3) is 3.28. The zero-order chi connectivity index (χ0) is 16.4. The molecule has 0 saturated carbocycles. The number of halogens is 3. The van der Waals surface area contributed by atoms with Gasteiger partial charge in [0, 0.05) is 23.6 Å². The molecule has 1 N–H and O–H groups in total. The second kappa shape index (κ2) is 5.68. The standard InChI is InChI=1S/C16H10F3N3O/c17-16(18,19)11-2-4-12(5-3-11)22-15(23)10-1-6-13-14(9-10)21-8-7-20-13/h1-9H,(H,22,23). The SMILES string of the molecule is O=C(Nc1ccc(C(F)(F)F)cc1)c1ccc2nccnc2c1. The van der Waals surface area contributed by atoms with Crippen molar-refractivity contribution < 1.29 is 18.0 Å². The number of alkyl halides is 3. The largest absolute Gasteiger partial charge is 0.416 e. The summed E-state index contributed by atoms with van der Waals surface area (Å²) >= 11 is 0. The topological polar surface area (TPSA) is 54.9 Å². The van der Waals surface area contributed by atoms with Gasteiger partial charge in [0.15, 0.2) is 0 Å². The van der Waals surface area contributed by atoms with Crippen LogP contribution in [0.3, 0.4) is 0 Å². The van der Waals surface area contributed by atoms with Crippen molar-refractivity contribution in [3.63, 3.8) is 0 Å². The number of fused-ring (bicyclic) bond motifs is 1. The second-order valence-electron chi connectivity index (χ2n) is 4.79. The van der Waals surface area contributed by atoms with Crippen molar-refractivity contribution in [2.24, 2.45) is 0 Å². The van der Waals surface area contributed by atoms with E-state index in [0.717, 1.165) is 12.1 Å². The highest BCUT2D eigenvalue weighted by atomic mass is 19.4. The molecule has 0 aliphatic rings. The maximum atomic E-state index is 12.5. The number of nitrogens with one attached hydrogen (secondary N) is 1. The van der Waals surface area contributed by atoms with E-state index in [-0.39, 0.29) is 5.69 Å². The molecule has 1 amide bonds. The summed E-state index contributed by atoms with van der Waals surface area (Å²) in [7, 11) is 0. The minimum Gasteiger partial charge on any atom is -0.322 e. The van der Waals surface area contributed by atoms with E-state index < -0.39 is 17.6 Å². The molecular formula is C16H10F3N3O. The van der Waals surface area contributed by atoms with Crippen molar-refractivity contribution in [3.8, 4) is 0 Å². The molecule has 0 bridgehead atoms. The molecule has 116 valence electrons. The van der Waals surface area contributed by atoms with Gasteiger partial charge in [0.1, 0.15) is 0 Å². The lowest BCUT2D eigenvalue weighted by atomic mass is 10.1. The number of nitrogens with zero attached hydrogens (tertiary/aromatic N) is 2. The fraction of sp³-hybridized carbons (Fsp3) is 0.0625. The molecular weight excluding hydrogens is 307 g/mol. The second-order valence-corrected chi connectivity index (χ2v) is 4.79. The Labute approximate surface area is 129 Å². The van der Waals surface area contributed by atoms with Crippen LogP contribution in [0.25, 0.3) is 11.0 Å². The quantitative estimate of drug-likeness (QED) is 0.780. The van der Waals surface area contributed by atoms with Gasteiger partial charge in [-0.05, 0) is 42.5 Å². The molecule has 4 nitrogen and oxygen atoms in total. The number of aromatic nitrogens is 2. The molecule has 0 spiro atoms. The summed E-state index contributed by atoms with van der Waals surface area (Å²) in [5.41, 5.74) is 1.07. The molecule has 23 heavy (non-hydrogen) atoms. The van der Waals surface area contributed by atoms with E-state index >= 15 is 0 Å². The molecule has 0 fully saturated rings. The van der Waals surface area contributed by atoms with Crippen molar-refractivity contribution in [2.75, 3.05) is 5.32 Å². The normalized spacial score (nSPS) is 11.4. The molecule has 2 aromatic carbocycles. The van der Waals surface area contributed by atoms with E-state index in [2.05, 4.69) is 15.3 Å². The lowest BCUT2D eigenvalue weighted by Crippen LogP contribution is -2.12.